The van der Waals surface area contributed by atoms with E-state index >= 15 is 0 Å². The Morgan fingerprint density at radius 3 is 2.47 bits per heavy atom. The molecule has 0 saturated heterocycles. The van der Waals surface area contributed by atoms with Crippen LogP contribution in [0, 0.1) is 6.57 Å². The molecule has 1 saturated carbocycles. The van der Waals surface area contributed by atoms with Gasteiger partial charge in [-0.3, -0.25) is 9.59 Å². The molecule has 6 nitrogen and oxygen atoms in total. The number of fused-ring (bicyclic) bond motifs is 1. The molecule has 30 heavy (non-hydrogen) atoms. The molecule has 1 aliphatic rings. The van der Waals surface area contributed by atoms with Crippen molar-refractivity contribution in [2.45, 2.75) is 45.1 Å². The predicted molar refractivity (Wildman–Crippen MR) is 115 cm³/mol. The molecule has 0 bridgehead atoms. The Morgan fingerprint density at radius 2 is 1.80 bits per heavy atom. The number of aromatic nitrogens is 2. The lowest BCUT2D eigenvalue weighted by atomic mass is 9.93. The van der Waals surface area contributed by atoms with Crippen LogP contribution in [0.15, 0.2) is 48.8 Å². The van der Waals surface area contributed by atoms with Crippen molar-refractivity contribution in [1.82, 2.24) is 14.3 Å². The summed E-state index contributed by atoms with van der Waals surface area (Å²) in [6.07, 6.45) is 8.87. The van der Waals surface area contributed by atoms with Gasteiger partial charge in [-0.2, -0.15) is 0 Å². The van der Waals surface area contributed by atoms with E-state index in [0.717, 1.165) is 12.8 Å². The third-order valence-corrected chi connectivity index (χ3v) is 5.86. The van der Waals surface area contributed by atoms with Crippen molar-refractivity contribution in [2.75, 3.05) is 6.54 Å². The van der Waals surface area contributed by atoms with Crippen LogP contribution in [0.4, 0.5) is 5.69 Å². The molecule has 1 fully saturated rings. The summed E-state index contributed by atoms with van der Waals surface area (Å²) in [7, 11) is 0. The Kier molecular flexibility index (Phi) is 5.62. The van der Waals surface area contributed by atoms with Crippen LogP contribution >= 0.6 is 0 Å². The fourth-order valence-corrected chi connectivity index (χ4v) is 4.24. The number of carbonyl (C=O) groups excluding carboxylic acids is 2. The summed E-state index contributed by atoms with van der Waals surface area (Å²) >= 11 is 0. The number of imidazole rings is 1. The summed E-state index contributed by atoms with van der Waals surface area (Å²) in [5, 5.41) is 0. The van der Waals surface area contributed by atoms with Crippen molar-refractivity contribution in [3.8, 4) is 0 Å². The Labute approximate surface area is 176 Å². The Balaban J connectivity index is 1.56. The normalized spacial score (nSPS) is 14.4. The van der Waals surface area contributed by atoms with Crippen LogP contribution in [0.3, 0.4) is 0 Å². The van der Waals surface area contributed by atoms with E-state index in [1.165, 1.54) is 25.5 Å². The quantitative estimate of drug-likeness (QED) is 0.452. The maximum atomic E-state index is 13.0. The van der Waals surface area contributed by atoms with E-state index in [2.05, 4.69) is 9.83 Å². The highest BCUT2D eigenvalue weighted by atomic mass is 16.2. The summed E-state index contributed by atoms with van der Waals surface area (Å²) in [4.78, 5) is 35.7. The highest BCUT2D eigenvalue weighted by molar-refractivity contribution is 6.08. The van der Waals surface area contributed by atoms with Crippen LogP contribution in [-0.2, 0) is 0 Å². The summed E-state index contributed by atoms with van der Waals surface area (Å²) in [5.74, 6) is -0.164. The standard InChI is InChI=1S/C24H24N4O2/c1-3-27(20-7-5-4-6-8-20)24(30)18-11-9-17(10-12-18)23(29)21-15-26-22-14-13-19(25-2)16-28(21)22/h9-16,20H,3-8H2,1H3. The minimum atomic E-state index is -0.191. The first-order valence-corrected chi connectivity index (χ1v) is 10.4. The summed E-state index contributed by atoms with van der Waals surface area (Å²) < 4.78 is 1.64. The Morgan fingerprint density at radius 1 is 1.10 bits per heavy atom. The van der Waals surface area contributed by atoms with E-state index in [-0.39, 0.29) is 11.7 Å². The molecule has 152 valence electrons. The Bertz CT molecular complexity index is 1120. The van der Waals surface area contributed by atoms with Crippen molar-refractivity contribution in [3.05, 3.63) is 77.0 Å². The van der Waals surface area contributed by atoms with Crippen LogP contribution in [0.25, 0.3) is 10.5 Å². The average Bonchev–Trinajstić information content (AvgIpc) is 3.23. The molecule has 4 rings (SSSR count). The number of amides is 1. The second kappa shape index (κ2) is 8.50. The van der Waals surface area contributed by atoms with Crippen LogP contribution in [0.1, 0.15) is 65.4 Å². The lowest BCUT2D eigenvalue weighted by Crippen LogP contribution is -2.41. The molecule has 1 aliphatic carbocycles. The molecule has 0 unspecified atom stereocenters. The number of benzene rings is 1. The molecule has 0 spiro atoms. The summed E-state index contributed by atoms with van der Waals surface area (Å²) in [5.41, 5.74) is 2.54. The lowest BCUT2D eigenvalue weighted by molar-refractivity contribution is 0.0647. The van der Waals surface area contributed by atoms with Crippen LogP contribution < -0.4 is 0 Å². The molecule has 1 aromatic carbocycles. The molecule has 1 amide bonds. The fourth-order valence-electron chi connectivity index (χ4n) is 4.24. The third-order valence-electron chi connectivity index (χ3n) is 5.86. The smallest absolute Gasteiger partial charge is 0.254 e. The van der Waals surface area contributed by atoms with E-state index < -0.39 is 0 Å². The van der Waals surface area contributed by atoms with Gasteiger partial charge in [0.25, 0.3) is 5.91 Å². The zero-order valence-corrected chi connectivity index (χ0v) is 17.0. The SMILES string of the molecule is [C-]#[N+]c1ccc2ncc(C(=O)c3ccc(C(=O)N(CC)C4CCCCC4)cc3)n2c1. The van der Waals surface area contributed by atoms with Crippen molar-refractivity contribution >= 4 is 23.0 Å². The average molecular weight is 400 g/mol. The number of rotatable bonds is 5. The van der Waals surface area contributed by atoms with Gasteiger partial charge in [-0.1, -0.05) is 37.5 Å². The Hall–Kier alpha value is -3.46. The van der Waals surface area contributed by atoms with E-state index in [1.54, 1.807) is 47.0 Å². The van der Waals surface area contributed by atoms with Gasteiger partial charge in [0, 0.05) is 29.9 Å². The van der Waals surface area contributed by atoms with Gasteiger partial charge in [-0.05, 0) is 38.0 Å². The third kappa shape index (κ3) is 3.71. The highest BCUT2D eigenvalue weighted by Gasteiger charge is 2.25. The molecule has 2 heterocycles. The number of pyridine rings is 1. The van der Waals surface area contributed by atoms with Gasteiger partial charge < -0.3 is 9.30 Å². The molecule has 0 N–H and O–H groups in total. The topological polar surface area (TPSA) is 59.0 Å². The number of carbonyl (C=O) groups is 2. The van der Waals surface area contributed by atoms with Crippen LogP contribution in [-0.4, -0.2) is 38.6 Å². The molecule has 0 atom stereocenters. The minimum absolute atomic E-state index is 0.0277. The zero-order valence-electron chi connectivity index (χ0n) is 17.0. The van der Waals surface area contributed by atoms with E-state index in [0.29, 0.717) is 40.7 Å². The first-order valence-electron chi connectivity index (χ1n) is 10.4. The maximum Gasteiger partial charge on any atom is 0.254 e. The number of hydrogen-bond acceptors (Lipinski definition) is 3. The van der Waals surface area contributed by atoms with Crippen molar-refractivity contribution < 1.29 is 9.59 Å². The number of ketones is 1. The number of hydrogen-bond donors (Lipinski definition) is 0. The number of nitrogens with zero attached hydrogens (tertiary/aromatic N) is 4. The molecule has 0 radical (unpaired) electrons. The molecule has 2 aromatic heterocycles. The first-order chi connectivity index (χ1) is 14.6. The van der Waals surface area contributed by atoms with Gasteiger partial charge in [0.2, 0.25) is 11.5 Å². The van der Waals surface area contributed by atoms with Crippen LogP contribution in [0.2, 0.25) is 0 Å². The van der Waals surface area contributed by atoms with Crippen molar-refractivity contribution in [3.63, 3.8) is 0 Å². The van der Waals surface area contributed by atoms with Gasteiger partial charge >= 0.3 is 0 Å². The predicted octanol–water partition coefficient (Wildman–Crippen LogP) is 4.91. The molecule has 3 aromatic rings. The van der Waals surface area contributed by atoms with Crippen molar-refractivity contribution in [2.24, 2.45) is 0 Å². The van der Waals surface area contributed by atoms with Gasteiger partial charge in [-0.25, -0.2) is 9.83 Å². The van der Waals surface area contributed by atoms with E-state index in [1.807, 2.05) is 11.8 Å². The molecule has 6 heteroatoms. The van der Waals surface area contributed by atoms with Crippen molar-refractivity contribution in [1.29, 1.82) is 0 Å². The largest absolute Gasteiger partial charge is 0.336 e. The van der Waals surface area contributed by atoms with E-state index in [9.17, 15) is 9.59 Å². The second-order valence-corrected chi connectivity index (χ2v) is 7.66. The highest BCUT2D eigenvalue weighted by Crippen LogP contribution is 2.24. The maximum absolute atomic E-state index is 13.0. The van der Waals surface area contributed by atoms with Gasteiger partial charge in [0.1, 0.15) is 11.3 Å². The molecular formula is C24H24N4O2. The van der Waals surface area contributed by atoms with Gasteiger partial charge in [0.15, 0.2) is 0 Å². The van der Waals surface area contributed by atoms with Crippen LogP contribution in [0.5, 0.6) is 0 Å². The van der Waals surface area contributed by atoms with Gasteiger partial charge in [-0.15, -0.1) is 0 Å². The first kappa shape index (κ1) is 19.8. The summed E-state index contributed by atoms with van der Waals surface area (Å²) in [6.45, 7) is 9.88. The summed E-state index contributed by atoms with van der Waals surface area (Å²) in [6, 6.07) is 10.6. The minimum Gasteiger partial charge on any atom is -0.336 e. The lowest BCUT2D eigenvalue weighted by Gasteiger charge is -2.33. The monoisotopic (exact) mass is 400 g/mol. The molecule has 0 aliphatic heterocycles. The van der Waals surface area contributed by atoms with E-state index in [4.69, 9.17) is 6.57 Å². The molecular weight excluding hydrogens is 376 g/mol. The second-order valence-electron chi connectivity index (χ2n) is 7.66. The van der Waals surface area contributed by atoms with Gasteiger partial charge in [0.05, 0.1) is 12.8 Å². The fraction of sp³-hybridized carbons (Fsp3) is 0.333. The zero-order chi connectivity index (χ0) is 21.1.